The van der Waals surface area contributed by atoms with Crippen molar-refractivity contribution < 1.29 is 4.74 Å². The minimum atomic E-state index is -0.361. The van der Waals surface area contributed by atoms with Gasteiger partial charge in [-0.25, -0.2) is 0 Å². The Morgan fingerprint density at radius 3 is 2.50 bits per heavy atom. The number of rotatable bonds is 3. The molecule has 0 fully saturated rings. The molecule has 0 aliphatic rings. The van der Waals surface area contributed by atoms with Crippen molar-refractivity contribution in [1.29, 1.82) is 0 Å². The summed E-state index contributed by atoms with van der Waals surface area (Å²) in [6, 6.07) is 9.03. The standard InChI is InChI=1S/C15H14BrCl2NO/c1-8-4-3-5-9(14(8)16)15(19)10-6-12(18)13(20-2)7-11(10)17/h3-7,15H,19H2,1-2H3. The topological polar surface area (TPSA) is 35.2 Å². The Morgan fingerprint density at radius 1 is 1.15 bits per heavy atom. The van der Waals surface area contributed by atoms with Crippen LogP contribution in [0.5, 0.6) is 5.75 Å². The Kier molecular flexibility index (Phi) is 4.97. The van der Waals surface area contributed by atoms with Crippen LogP contribution >= 0.6 is 39.1 Å². The highest BCUT2D eigenvalue weighted by molar-refractivity contribution is 9.10. The van der Waals surface area contributed by atoms with Crippen LogP contribution in [0.2, 0.25) is 10.0 Å². The summed E-state index contributed by atoms with van der Waals surface area (Å²) in [6.45, 7) is 2.02. The molecule has 0 saturated heterocycles. The maximum absolute atomic E-state index is 6.33. The van der Waals surface area contributed by atoms with Gasteiger partial charge in [-0.1, -0.05) is 57.3 Å². The largest absolute Gasteiger partial charge is 0.495 e. The number of methoxy groups -OCH3 is 1. The number of hydrogen-bond acceptors (Lipinski definition) is 2. The first kappa shape index (κ1) is 15.6. The first-order chi connectivity index (χ1) is 9.45. The molecule has 2 aromatic rings. The van der Waals surface area contributed by atoms with Crippen molar-refractivity contribution in [2.75, 3.05) is 7.11 Å². The highest BCUT2D eigenvalue weighted by atomic mass is 79.9. The molecule has 0 saturated carbocycles. The second-order valence-electron chi connectivity index (χ2n) is 4.46. The number of halogens is 3. The molecule has 106 valence electrons. The van der Waals surface area contributed by atoms with Crippen LogP contribution in [-0.2, 0) is 0 Å². The van der Waals surface area contributed by atoms with E-state index in [1.54, 1.807) is 19.2 Å². The molecular weight excluding hydrogens is 361 g/mol. The molecule has 20 heavy (non-hydrogen) atoms. The Labute approximate surface area is 137 Å². The predicted molar refractivity (Wildman–Crippen MR) is 87.9 cm³/mol. The molecule has 2 N–H and O–H groups in total. The van der Waals surface area contributed by atoms with Crippen LogP contribution in [0.1, 0.15) is 22.7 Å². The van der Waals surface area contributed by atoms with E-state index < -0.39 is 0 Å². The van der Waals surface area contributed by atoms with Crippen LogP contribution in [0.15, 0.2) is 34.8 Å². The van der Waals surface area contributed by atoms with Crippen LogP contribution in [0.25, 0.3) is 0 Å². The lowest BCUT2D eigenvalue weighted by Crippen LogP contribution is -2.13. The van der Waals surface area contributed by atoms with E-state index in [-0.39, 0.29) is 6.04 Å². The van der Waals surface area contributed by atoms with Crippen molar-refractivity contribution in [2.24, 2.45) is 5.73 Å². The lowest BCUT2D eigenvalue weighted by molar-refractivity contribution is 0.415. The van der Waals surface area contributed by atoms with Gasteiger partial charge in [0.05, 0.1) is 18.2 Å². The minimum Gasteiger partial charge on any atom is -0.495 e. The quantitative estimate of drug-likeness (QED) is 0.808. The van der Waals surface area contributed by atoms with Crippen LogP contribution in [0.4, 0.5) is 0 Å². The summed E-state index contributed by atoms with van der Waals surface area (Å²) in [6.07, 6.45) is 0. The van der Waals surface area contributed by atoms with Crippen LogP contribution in [0.3, 0.4) is 0 Å². The molecule has 2 nitrogen and oxygen atoms in total. The third-order valence-corrected chi connectivity index (χ3v) is 4.87. The Bertz CT molecular complexity index is 646. The van der Waals surface area contributed by atoms with Crippen molar-refractivity contribution >= 4 is 39.1 Å². The summed E-state index contributed by atoms with van der Waals surface area (Å²) in [5, 5.41) is 1.03. The van der Waals surface area contributed by atoms with Gasteiger partial charge in [-0.05, 0) is 29.7 Å². The summed E-state index contributed by atoms with van der Waals surface area (Å²) in [7, 11) is 1.55. The fraction of sp³-hybridized carbons (Fsp3) is 0.200. The lowest BCUT2D eigenvalue weighted by Gasteiger charge is -2.18. The van der Waals surface area contributed by atoms with E-state index in [1.165, 1.54) is 0 Å². The summed E-state index contributed by atoms with van der Waals surface area (Å²) in [4.78, 5) is 0. The van der Waals surface area contributed by atoms with E-state index in [0.29, 0.717) is 15.8 Å². The third-order valence-electron chi connectivity index (χ3n) is 3.16. The molecule has 1 atom stereocenters. The molecule has 5 heteroatoms. The molecule has 0 aromatic heterocycles. The van der Waals surface area contributed by atoms with Gasteiger partial charge in [0.1, 0.15) is 5.75 Å². The van der Waals surface area contributed by atoms with Crippen molar-refractivity contribution in [3.8, 4) is 5.75 Å². The average molecular weight is 375 g/mol. The van der Waals surface area contributed by atoms with Gasteiger partial charge in [-0.3, -0.25) is 0 Å². The number of ether oxygens (including phenoxy) is 1. The predicted octanol–water partition coefficient (Wildman–Crippen LogP) is 5.12. The third kappa shape index (κ3) is 2.96. The van der Waals surface area contributed by atoms with Crippen LogP contribution in [-0.4, -0.2) is 7.11 Å². The highest BCUT2D eigenvalue weighted by Gasteiger charge is 2.18. The molecular formula is C15H14BrCl2NO. The monoisotopic (exact) mass is 373 g/mol. The van der Waals surface area contributed by atoms with Gasteiger partial charge in [0, 0.05) is 15.6 Å². The lowest BCUT2D eigenvalue weighted by atomic mass is 9.98. The number of aryl methyl sites for hydroxylation is 1. The Balaban J connectivity index is 2.51. The molecule has 2 aromatic carbocycles. The zero-order valence-electron chi connectivity index (χ0n) is 11.1. The molecule has 0 aliphatic heterocycles. The minimum absolute atomic E-state index is 0.361. The van der Waals surface area contributed by atoms with E-state index in [1.807, 2.05) is 25.1 Å². The maximum atomic E-state index is 6.33. The second kappa shape index (κ2) is 6.35. The van der Waals surface area contributed by atoms with Gasteiger partial charge in [-0.2, -0.15) is 0 Å². The van der Waals surface area contributed by atoms with Gasteiger partial charge >= 0.3 is 0 Å². The van der Waals surface area contributed by atoms with Gasteiger partial charge in [0.15, 0.2) is 0 Å². The summed E-state index contributed by atoms with van der Waals surface area (Å²) in [5.41, 5.74) is 9.19. The van der Waals surface area contributed by atoms with Crippen LogP contribution < -0.4 is 10.5 Å². The fourth-order valence-corrected chi connectivity index (χ4v) is 3.05. The SMILES string of the molecule is COc1cc(Cl)c(C(N)c2cccc(C)c2Br)cc1Cl. The fourth-order valence-electron chi connectivity index (χ4n) is 2.02. The van der Waals surface area contributed by atoms with Crippen molar-refractivity contribution in [3.05, 3.63) is 61.5 Å². The maximum Gasteiger partial charge on any atom is 0.138 e. The average Bonchev–Trinajstić information content (AvgIpc) is 2.43. The number of benzene rings is 2. The summed E-state index contributed by atoms with van der Waals surface area (Å²) < 4.78 is 6.12. The zero-order chi connectivity index (χ0) is 14.9. The molecule has 0 bridgehead atoms. The molecule has 0 spiro atoms. The Hall–Kier alpha value is -0.740. The van der Waals surface area contributed by atoms with E-state index in [9.17, 15) is 0 Å². The smallest absolute Gasteiger partial charge is 0.138 e. The van der Waals surface area contributed by atoms with Gasteiger partial charge in [-0.15, -0.1) is 0 Å². The van der Waals surface area contributed by atoms with Crippen molar-refractivity contribution in [3.63, 3.8) is 0 Å². The second-order valence-corrected chi connectivity index (χ2v) is 6.07. The van der Waals surface area contributed by atoms with Crippen molar-refractivity contribution in [2.45, 2.75) is 13.0 Å². The highest BCUT2D eigenvalue weighted by Crippen LogP contribution is 2.37. The number of hydrogen-bond donors (Lipinski definition) is 1. The van der Waals surface area contributed by atoms with E-state index in [4.69, 9.17) is 33.7 Å². The van der Waals surface area contributed by atoms with Crippen LogP contribution in [0, 0.1) is 6.92 Å². The zero-order valence-corrected chi connectivity index (χ0v) is 14.2. The van der Waals surface area contributed by atoms with Gasteiger partial charge < -0.3 is 10.5 Å². The number of nitrogens with two attached hydrogens (primary N) is 1. The summed E-state index contributed by atoms with van der Waals surface area (Å²) in [5.74, 6) is 0.538. The van der Waals surface area contributed by atoms with Crippen molar-refractivity contribution in [1.82, 2.24) is 0 Å². The van der Waals surface area contributed by atoms with Gasteiger partial charge in [0.2, 0.25) is 0 Å². The molecule has 0 radical (unpaired) electrons. The van der Waals surface area contributed by atoms with Gasteiger partial charge in [0.25, 0.3) is 0 Å². The molecule has 0 amide bonds. The summed E-state index contributed by atoms with van der Waals surface area (Å²) >= 11 is 16.0. The van der Waals surface area contributed by atoms with E-state index >= 15 is 0 Å². The van der Waals surface area contributed by atoms with E-state index in [0.717, 1.165) is 21.2 Å². The molecule has 0 aliphatic carbocycles. The first-order valence-corrected chi connectivity index (χ1v) is 7.54. The normalized spacial score (nSPS) is 12.3. The first-order valence-electron chi connectivity index (χ1n) is 5.99. The molecule has 1 unspecified atom stereocenters. The Morgan fingerprint density at radius 2 is 1.85 bits per heavy atom. The molecule has 0 heterocycles. The molecule has 2 rings (SSSR count). The van der Waals surface area contributed by atoms with E-state index in [2.05, 4.69) is 15.9 Å².